The lowest BCUT2D eigenvalue weighted by atomic mass is 9.87. The summed E-state index contributed by atoms with van der Waals surface area (Å²) in [5, 5.41) is 18.3. The number of aliphatic hydroxyl groups is 1. The molecule has 0 saturated carbocycles. The Labute approximate surface area is 187 Å². The molecule has 2 N–H and O–H groups in total. The minimum atomic E-state index is -0.0693. The zero-order chi connectivity index (χ0) is 21.5. The Morgan fingerprint density at radius 3 is 3.13 bits per heavy atom. The second kappa shape index (κ2) is 8.07. The molecule has 0 aliphatic heterocycles. The Balaban J connectivity index is 1.48. The quantitative estimate of drug-likeness (QED) is 0.478. The number of aryl methyl sites for hydroxylation is 1. The summed E-state index contributed by atoms with van der Waals surface area (Å²) in [5.41, 5.74) is 2.78. The van der Waals surface area contributed by atoms with E-state index < -0.39 is 0 Å². The SMILES string of the molecule is CN(CCO)C(=O)[C@H]1CCc2c(sc3ncnc(Nc4ccn5nccc5c4Cl)c23)C1. The van der Waals surface area contributed by atoms with Crippen LogP contribution in [0.15, 0.2) is 30.9 Å². The zero-order valence-corrected chi connectivity index (χ0v) is 18.4. The normalized spacial score (nSPS) is 15.9. The van der Waals surface area contributed by atoms with Gasteiger partial charge in [-0.25, -0.2) is 14.5 Å². The van der Waals surface area contributed by atoms with Crippen LogP contribution in [0.4, 0.5) is 11.5 Å². The van der Waals surface area contributed by atoms with Crippen molar-refractivity contribution in [2.24, 2.45) is 5.92 Å². The molecule has 8 nitrogen and oxygen atoms in total. The Hall–Kier alpha value is -2.75. The lowest BCUT2D eigenvalue weighted by Gasteiger charge is -2.26. The summed E-state index contributed by atoms with van der Waals surface area (Å²) in [6.07, 6.45) is 7.35. The number of rotatable bonds is 5. The molecule has 10 heteroatoms. The third-order valence-electron chi connectivity index (χ3n) is 5.77. The fourth-order valence-electron chi connectivity index (χ4n) is 4.17. The molecule has 0 aromatic carbocycles. The summed E-state index contributed by atoms with van der Waals surface area (Å²) in [4.78, 5) is 25.4. The van der Waals surface area contributed by atoms with Gasteiger partial charge in [0, 0.05) is 30.6 Å². The van der Waals surface area contributed by atoms with E-state index in [9.17, 15) is 4.79 Å². The van der Waals surface area contributed by atoms with Crippen LogP contribution in [0.5, 0.6) is 0 Å². The zero-order valence-electron chi connectivity index (χ0n) is 16.9. The molecule has 160 valence electrons. The monoisotopic (exact) mass is 456 g/mol. The third kappa shape index (κ3) is 3.52. The maximum Gasteiger partial charge on any atom is 0.225 e. The Kier molecular flexibility index (Phi) is 5.25. The van der Waals surface area contributed by atoms with E-state index >= 15 is 0 Å². The molecule has 4 aromatic rings. The highest BCUT2D eigenvalue weighted by atomic mass is 35.5. The van der Waals surface area contributed by atoms with Crippen molar-refractivity contribution in [2.75, 3.05) is 25.5 Å². The van der Waals surface area contributed by atoms with Crippen molar-refractivity contribution in [3.05, 3.63) is 46.3 Å². The molecular weight excluding hydrogens is 436 g/mol. The number of pyridine rings is 1. The smallest absolute Gasteiger partial charge is 0.225 e. The molecule has 1 atom stereocenters. The van der Waals surface area contributed by atoms with Crippen LogP contribution in [-0.4, -0.2) is 55.7 Å². The number of hydrogen-bond acceptors (Lipinski definition) is 7. The third-order valence-corrected chi connectivity index (χ3v) is 7.33. The average molecular weight is 457 g/mol. The van der Waals surface area contributed by atoms with Crippen molar-refractivity contribution in [3.8, 4) is 0 Å². The van der Waals surface area contributed by atoms with Crippen LogP contribution in [-0.2, 0) is 17.6 Å². The molecule has 0 unspecified atom stereocenters. The molecule has 0 spiro atoms. The Bertz CT molecular complexity index is 1290. The highest BCUT2D eigenvalue weighted by molar-refractivity contribution is 7.19. The van der Waals surface area contributed by atoms with Crippen molar-refractivity contribution < 1.29 is 9.90 Å². The van der Waals surface area contributed by atoms with Crippen LogP contribution >= 0.6 is 22.9 Å². The molecule has 0 radical (unpaired) electrons. The van der Waals surface area contributed by atoms with Gasteiger partial charge in [-0.15, -0.1) is 11.3 Å². The summed E-state index contributed by atoms with van der Waals surface area (Å²) in [5.74, 6) is 0.734. The molecule has 0 fully saturated rings. The highest BCUT2D eigenvalue weighted by Gasteiger charge is 2.30. The number of carbonyl (C=O) groups excluding carboxylic acids is 1. The van der Waals surface area contributed by atoms with Crippen LogP contribution in [0.25, 0.3) is 15.7 Å². The van der Waals surface area contributed by atoms with E-state index in [4.69, 9.17) is 16.7 Å². The van der Waals surface area contributed by atoms with Crippen LogP contribution < -0.4 is 5.32 Å². The molecule has 4 aromatic heterocycles. The summed E-state index contributed by atoms with van der Waals surface area (Å²) in [6, 6.07) is 3.74. The van der Waals surface area contributed by atoms with Gasteiger partial charge in [0.15, 0.2) is 0 Å². The van der Waals surface area contributed by atoms with Crippen LogP contribution in [0.2, 0.25) is 5.02 Å². The van der Waals surface area contributed by atoms with E-state index in [1.54, 1.807) is 40.3 Å². The summed E-state index contributed by atoms with van der Waals surface area (Å²) < 4.78 is 1.72. The van der Waals surface area contributed by atoms with Crippen molar-refractivity contribution in [1.29, 1.82) is 0 Å². The van der Waals surface area contributed by atoms with Gasteiger partial charge >= 0.3 is 0 Å². The van der Waals surface area contributed by atoms with E-state index in [1.165, 1.54) is 10.4 Å². The lowest BCUT2D eigenvalue weighted by Crippen LogP contribution is -2.37. The topological polar surface area (TPSA) is 95.6 Å². The first-order valence-electron chi connectivity index (χ1n) is 10.1. The summed E-state index contributed by atoms with van der Waals surface area (Å²) >= 11 is 8.21. The van der Waals surface area contributed by atoms with Crippen molar-refractivity contribution in [3.63, 3.8) is 0 Å². The number of fused-ring (bicyclic) bond motifs is 4. The second-order valence-corrected chi connectivity index (χ2v) is 9.12. The molecular formula is C21H21ClN6O2S. The Morgan fingerprint density at radius 1 is 1.42 bits per heavy atom. The molecule has 0 saturated heterocycles. The number of aliphatic hydroxyl groups excluding tert-OH is 1. The van der Waals surface area contributed by atoms with Crippen LogP contribution in [0, 0.1) is 5.92 Å². The van der Waals surface area contributed by atoms with Crippen LogP contribution in [0.1, 0.15) is 16.9 Å². The number of nitrogens with one attached hydrogen (secondary N) is 1. The average Bonchev–Trinajstić information content (AvgIpc) is 3.40. The molecule has 0 bridgehead atoms. The van der Waals surface area contributed by atoms with E-state index in [-0.39, 0.29) is 18.4 Å². The van der Waals surface area contributed by atoms with Gasteiger partial charge in [0.25, 0.3) is 0 Å². The van der Waals surface area contributed by atoms with E-state index in [0.717, 1.165) is 40.1 Å². The molecule has 31 heavy (non-hydrogen) atoms. The number of nitrogens with zero attached hydrogens (tertiary/aromatic N) is 5. The van der Waals surface area contributed by atoms with E-state index in [1.807, 2.05) is 18.3 Å². The van der Waals surface area contributed by atoms with Crippen molar-refractivity contribution >= 4 is 56.1 Å². The number of likely N-dealkylation sites (N-methyl/N-ethyl adjacent to an activating group) is 1. The van der Waals surface area contributed by atoms with Gasteiger partial charge in [-0.3, -0.25) is 4.79 Å². The minimum Gasteiger partial charge on any atom is -0.395 e. The van der Waals surface area contributed by atoms with Gasteiger partial charge in [0.05, 0.1) is 34.4 Å². The fourth-order valence-corrected chi connectivity index (χ4v) is 5.70. The fraction of sp³-hybridized carbons (Fsp3) is 0.333. The van der Waals surface area contributed by atoms with Gasteiger partial charge in [-0.05, 0) is 37.0 Å². The number of halogens is 1. The van der Waals surface area contributed by atoms with Gasteiger partial charge < -0.3 is 15.3 Å². The predicted molar refractivity (Wildman–Crippen MR) is 121 cm³/mol. The van der Waals surface area contributed by atoms with Gasteiger partial charge in [-0.1, -0.05) is 11.6 Å². The van der Waals surface area contributed by atoms with Gasteiger partial charge in [-0.2, -0.15) is 5.10 Å². The second-order valence-electron chi connectivity index (χ2n) is 7.66. The van der Waals surface area contributed by atoms with E-state index in [0.29, 0.717) is 18.0 Å². The molecule has 1 amide bonds. The van der Waals surface area contributed by atoms with Crippen molar-refractivity contribution in [2.45, 2.75) is 19.3 Å². The number of anilines is 2. The highest BCUT2D eigenvalue weighted by Crippen LogP contribution is 2.41. The molecule has 1 aliphatic rings. The van der Waals surface area contributed by atoms with Crippen molar-refractivity contribution in [1.82, 2.24) is 24.5 Å². The maximum absolute atomic E-state index is 12.7. The number of carbonyl (C=O) groups is 1. The number of amides is 1. The number of hydrogen-bond donors (Lipinski definition) is 2. The first-order valence-corrected chi connectivity index (χ1v) is 11.3. The standard InChI is InChI=1S/C21H21ClN6O2S/c1-27(8-9-29)21(30)12-2-3-13-16(10-12)31-20-17(13)19(23-11-24-20)26-14-5-7-28-15(18(14)22)4-6-25-28/h4-7,11-12,29H,2-3,8-10H2,1H3,(H,23,24,26)/t12-/m0/s1. The largest absolute Gasteiger partial charge is 0.395 e. The number of aromatic nitrogens is 4. The Morgan fingerprint density at radius 2 is 2.29 bits per heavy atom. The van der Waals surface area contributed by atoms with Crippen LogP contribution in [0.3, 0.4) is 0 Å². The molecule has 5 rings (SSSR count). The number of thiophene rings is 1. The molecule has 4 heterocycles. The first-order chi connectivity index (χ1) is 15.1. The minimum absolute atomic E-state index is 0.0264. The first kappa shape index (κ1) is 20.2. The summed E-state index contributed by atoms with van der Waals surface area (Å²) in [7, 11) is 1.74. The maximum atomic E-state index is 12.7. The molecule has 1 aliphatic carbocycles. The van der Waals surface area contributed by atoms with Gasteiger partial charge in [0.1, 0.15) is 17.0 Å². The lowest BCUT2D eigenvalue weighted by molar-refractivity contribution is -0.135. The van der Waals surface area contributed by atoms with E-state index in [2.05, 4.69) is 20.4 Å². The summed E-state index contributed by atoms with van der Waals surface area (Å²) in [6.45, 7) is 0.331. The van der Waals surface area contributed by atoms with Gasteiger partial charge in [0.2, 0.25) is 5.91 Å². The predicted octanol–water partition coefficient (Wildman–Crippen LogP) is 3.29.